The minimum absolute atomic E-state index is 0.716. The molecule has 2 heteroatoms. The van der Waals surface area contributed by atoms with Crippen LogP contribution in [0.4, 0.5) is 0 Å². The highest BCUT2D eigenvalue weighted by atomic mass is 16.5. The van der Waals surface area contributed by atoms with Gasteiger partial charge in [0.2, 0.25) is 0 Å². The molecule has 0 amide bonds. The first-order chi connectivity index (χ1) is 6.36. The van der Waals surface area contributed by atoms with Gasteiger partial charge < -0.3 is 10.1 Å². The minimum atomic E-state index is 0.716. The summed E-state index contributed by atoms with van der Waals surface area (Å²) in [5.74, 6) is 0. The summed E-state index contributed by atoms with van der Waals surface area (Å²) in [7, 11) is 1.95. The number of ether oxygens (including phenoxy) is 1. The van der Waals surface area contributed by atoms with Gasteiger partial charge in [-0.3, -0.25) is 0 Å². The highest BCUT2D eigenvalue weighted by molar-refractivity contribution is 5.22. The second-order valence-corrected chi connectivity index (χ2v) is 2.99. The highest BCUT2D eigenvalue weighted by Crippen LogP contribution is 2.06. The maximum atomic E-state index is 5.33. The molecule has 0 spiro atoms. The third-order valence-corrected chi connectivity index (χ3v) is 1.85. The second-order valence-electron chi connectivity index (χ2n) is 2.99. The molecule has 13 heavy (non-hydrogen) atoms. The number of hydrogen-bond acceptors (Lipinski definition) is 2. The summed E-state index contributed by atoms with van der Waals surface area (Å²) in [6.07, 6.45) is 0. The van der Waals surface area contributed by atoms with Crippen LogP contribution in [0.25, 0.3) is 0 Å². The van der Waals surface area contributed by atoms with Crippen LogP contribution in [0.3, 0.4) is 0 Å². The maximum absolute atomic E-state index is 5.33. The fourth-order valence-corrected chi connectivity index (χ4v) is 1.25. The van der Waals surface area contributed by atoms with E-state index in [0.29, 0.717) is 6.61 Å². The molecular formula is C11H17NO. The molecule has 0 aliphatic heterocycles. The Morgan fingerprint density at radius 1 is 1.31 bits per heavy atom. The zero-order valence-corrected chi connectivity index (χ0v) is 8.34. The zero-order chi connectivity index (χ0) is 9.52. The van der Waals surface area contributed by atoms with E-state index in [4.69, 9.17) is 4.74 Å². The van der Waals surface area contributed by atoms with Crippen molar-refractivity contribution in [2.75, 3.05) is 13.7 Å². The molecule has 0 radical (unpaired) electrons. The van der Waals surface area contributed by atoms with Gasteiger partial charge in [-0.1, -0.05) is 24.3 Å². The first kappa shape index (κ1) is 10.2. The zero-order valence-electron chi connectivity index (χ0n) is 8.34. The largest absolute Gasteiger partial charge is 0.377 e. The molecule has 1 rings (SSSR count). The van der Waals surface area contributed by atoms with Gasteiger partial charge in [0.15, 0.2) is 0 Å². The Balaban J connectivity index is 2.56. The molecule has 1 aromatic rings. The van der Waals surface area contributed by atoms with Crippen LogP contribution in [0.1, 0.15) is 18.1 Å². The van der Waals surface area contributed by atoms with Crippen molar-refractivity contribution >= 4 is 0 Å². The number of rotatable bonds is 5. The summed E-state index contributed by atoms with van der Waals surface area (Å²) in [4.78, 5) is 0. The van der Waals surface area contributed by atoms with Crippen molar-refractivity contribution in [2.45, 2.75) is 20.1 Å². The third kappa shape index (κ3) is 3.57. The van der Waals surface area contributed by atoms with E-state index in [2.05, 4.69) is 29.6 Å². The minimum Gasteiger partial charge on any atom is -0.377 e. The van der Waals surface area contributed by atoms with E-state index >= 15 is 0 Å². The average Bonchev–Trinajstić information content (AvgIpc) is 2.16. The van der Waals surface area contributed by atoms with Crippen LogP contribution in [-0.2, 0) is 17.9 Å². The van der Waals surface area contributed by atoms with Crippen LogP contribution < -0.4 is 5.32 Å². The molecule has 0 unspecified atom stereocenters. The summed E-state index contributed by atoms with van der Waals surface area (Å²) >= 11 is 0. The van der Waals surface area contributed by atoms with E-state index in [1.807, 2.05) is 14.0 Å². The Morgan fingerprint density at radius 2 is 2.08 bits per heavy atom. The molecule has 0 aromatic heterocycles. The summed E-state index contributed by atoms with van der Waals surface area (Å²) in [6, 6.07) is 8.45. The van der Waals surface area contributed by atoms with Gasteiger partial charge in [0, 0.05) is 13.2 Å². The van der Waals surface area contributed by atoms with Gasteiger partial charge in [0.1, 0.15) is 0 Å². The Labute approximate surface area is 79.9 Å². The fourth-order valence-electron chi connectivity index (χ4n) is 1.25. The molecule has 0 aliphatic rings. The molecule has 0 heterocycles. The van der Waals surface area contributed by atoms with Crippen LogP contribution >= 0.6 is 0 Å². The van der Waals surface area contributed by atoms with Crippen molar-refractivity contribution in [3.8, 4) is 0 Å². The normalized spacial score (nSPS) is 10.3. The van der Waals surface area contributed by atoms with E-state index in [0.717, 1.165) is 13.2 Å². The summed E-state index contributed by atoms with van der Waals surface area (Å²) < 4.78 is 5.33. The van der Waals surface area contributed by atoms with Gasteiger partial charge in [-0.25, -0.2) is 0 Å². The van der Waals surface area contributed by atoms with E-state index in [1.54, 1.807) is 0 Å². The lowest BCUT2D eigenvalue weighted by Gasteiger charge is -2.04. The predicted octanol–water partition coefficient (Wildman–Crippen LogP) is 1.94. The first-order valence-electron chi connectivity index (χ1n) is 4.67. The molecule has 0 saturated heterocycles. The van der Waals surface area contributed by atoms with Gasteiger partial charge in [-0.2, -0.15) is 0 Å². The van der Waals surface area contributed by atoms with Crippen LogP contribution in [-0.4, -0.2) is 13.7 Å². The lowest BCUT2D eigenvalue weighted by molar-refractivity contribution is 0.134. The standard InChI is InChI=1S/C11H17NO/c1-3-13-9-11-6-4-5-10(7-11)8-12-2/h4-7,12H,3,8-9H2,1-2H3. The van der Waals surface area contributed by atoms with Crippen LogP contribution in [0.2, 0.25) is 0 Å². The van der Waals surface area contributed by atoms with Gasteiger partial charge in [-0.05, 0) is 25.1 Å². The van der Waals surface area contributed by atoms with E-state index in [1.165, 1.54) is 11.1 Å². The highest BCUT2D eigenvalue weighted by Gasteiger charge is 1.94. The van der Waals surface area contributed by atoms with Crippen molar-refractivity contribution in [1.82, 2.24) is 5.32 Å². The predicted molar refractivity (Wildman–Crippen MR) is 54.5 cm³/mol. The van der Waals surface area contributed by atoms with E-state index < -0.39 is 0 Å². The quantitative estimate of drug-likeness (QED) is 0.746. The van der Waals surface area contributed by atoms with Crippen LogP contribution in [0, 0.1) is 0 Å². The van der Waals surface area contributed by atoms with Gasteiger partial charge in [0.25, 0.3) is 0 Å². The molecule has 72 valence electrons. The maximum Gasteiger partial charge on any atom is 0.0716 e. The molecule has 1 N–H and O–H groups in total. The summed E-state index contributed by atoms with van der Waals surface area (Å²) in [5, 5.41) is 3.13. The van der Waals surface area contributed by atoms with Crippen molar-refractivity contribution < 1.29 is 4.74 Å². The Hall–Kier alpha value is -0.860. The Bertz CT molecular complexity index is 248. The van der Waals surface area contributed by atoms with Gasteiger partial charge in [-0.15, -0.1) is 0 Å². The summed E-state index contributed by atoms with van der Waals surface area (Å²) in [6.45, 7) is 4.42. The third-order valence-electron chi connectivity index (χ3n) is 1.85. The monoisotopic (exact) mass is 179 g/mol. The first-order valence-corrected chi connectivity index (χ1v) is 4.67. The molecule has 2 nitrogen and oxygen atoms in total. The molecular weight excluding hydrogens is 162 g/mol. The lowest BCUT2D eigenvalue weighted by Crippen LogP contribution is -2.05. The fraction of sp³-hybridized carbons (Fsp3) is 0.455. The lowest BCUT2D eigenvalue weighted by atomic mass is 10.1. The SMILES string of the molecule is CCOCc1cccc(CNC)c1. The van der Waals surface area contributed by atoms with Gasteiger partial charge in [0.05, 0.1) is 6.61 Å². The molecule has 0 aliphatic carbocycles. The Kier molecular flexibility index (Phi) is 4.50. The molecule has 0 atom stereocenters. The van der Waals surface area contributed by atoms with Crippen LogP contribution in [0.5, 0.6) is 0 Å². The number of benzene rings is 1. The van der Waals surface area contributed by atoms with Crippen LogP contribution in [0.15, 0.2) is 24.3 Å². The molecule has 0 bridgehead atoms. The van der Waals surface area contributed by atoms with Crippen molar-refractivity contribution in [3.63, 3.8) is 0 Å². The smallest absolute Gasteiger partial charge is 0.0716 e. The molecule has 0 saturated carbocycles. The molecule has 0 fully saturated rings. The van der Waals surface area contributed by atoms with Crippen molar-refractivity contribution in [1.29, 1.82) is 0 Å². The summed E-state index contributed by atoms with van der Waals surface area (Å²) in [5.41, 5.74) is 2.55. The second kappa shape index (κ2) is 5.73. The number of hydrogen-bond donors (Lipinski definition) is 1. The van der Waals surface area contributed by atoms with E-state index in [9.17, 15) is 0 Å². The average molecular weight is 179 g/mol. The van der Waals surface area contributed by atoms with Crippen molar-refractivity contribution in [2.24, 2.45) is 0 Å². The topological polar surface area (TPSA) is 21.3 Å². The van der Waals surface area contributed by atoms with Gasteiger partial charge >= 0.3 is 0 Å². The van der Waals surface area contributed by atoms with Crippen molar-refractivity contribution in [3.05, 3.63) is 35.4 Å². The van der Waals surface area contributed by atoms with E-state index in [-0.39, 0.29) is 0 Å². The molecule has 1 aromatic carbocycles. The Morgan fingerprint density at radius 3 is 2.77 bits per heavy atom. The number of nitrogens with one attached hydrogen (secondary N) is 1.